The van der Waals surface area contributed by atoms with Gasteiger partial charge in [-0.05, 0) is 68.1 Å². The lowest BCUT2D eigenvalue weighted by molar-refractivity contribution is -0.117. The van der Waals surface area contributed by atoms with Crippen molar-refractivity contribution in [2.75, 3.05) is 25.5 Å². The number of anilines is 1. The molecule has 1 amide bonds. The van der Waals surface area contributed by atoms with Crippen molar-refractivity contribution < 1.29 is 9.53 Å². The average molecular weight is 338 g/mol. The number of nitrogens with zero attached hydrogens (tertiary/aromatic N) is 1. The van der Waals surface area contributed by atoms with Crippen molar-refractivity contribution in [1.29, 1.82) is 0 Å². The summed E-state index contributed by atoms with van der Waals surface area (Å²) in [6, 6.07) is 14.6. The number of hydrogen-bond acceptors (Lipinski definition) is 3. The molecule has 1 saturated heterocycles. The lowest BCUT2D eigenvalue weighted by Crippen LogP contribution is -2.33. The third-order valence-corrected chi connectivity index (χ3v) is 4.88. The van der Waals surface area contributed by atoms with Crippen LogP contribution < -0.4 is 10.1 Å². The van der Waals surface area contributed by atoms with Gasteiger partial charge >= 0.3 is 0 Å². The summed E-state index contributed by atoms with van der Waals surface area (Å²) in [5.41, 5.74) is 4.40. The Balaban J connectivity index is 1.66. The maximum Gasteiger partial charge on any atom is 0.238 e. The second-order valence-corrected chi connectivity index (χ2v) is 6.77. The Hall–Kier alpha value is -2.33. The number of benzene rings is 2. The number of carbonyl (C=O) groups excluding carboxylic acids is 1. The van der Waals surface area contributed by atoms with Gasteiger partial charge in [0.2, 0.25) is 5.91 Å². The summed E-state index contributed by atoms with van der Waals surface area (Å²) < 4.78 is 5.23. The highest BCUT2D eigenvalue weighted by molar-refractivity contribution is 5.93. The van der Waals surface area contributed by atoms with Gasteiger partial charge in [0.05, 0.1) is 13.7 Å². The SMILES string of the molecule is COc1ccc([C@H]2CCCN2CC(=O)Nc2cc(C)ccc2C)cc1. The fourth-order valence-electron chi connectivity index (χ4n) is 3.46. The molecule has 3 rings (SSSR count). The van der Waals surface area contributed by atoms with Crippen molar-refractivity contribution in [3.05, 3.63) is 59.2 Å². The van der Waals surface area contributed by atoms with E-state index in [1.165, 1.54) is 5.56 Å². The van der Waals surface area contributed by atoms with Gasteiger partial charge in [0.25, 0.3) is 0 Å². The van der Waals surface area contributed by atoms with Gasteiger partial charge < -0.3 is 10.1 Å². The van der Waals surface area contributed by atoms with Crippen molar-refractivity contribution >= 4 is 11.6 Å². The van der Waals surface area contributed by atoms with E-state index in [0.717, 1.165) is 42.0 Å². The zero-order valence-corrected chi connectivity index (χ0v) is 15.2. The van der Waals surface area contributed by atoms with E-state index >= 15 is 0 Å². The van der Waals surface area contributed by atoms with E-state index in [-0.39, 0.29) is 5.91 Å². The van der Waals surface area contributed by atoms with Gasteiger partial charge in [-0.25, -0.2) is 0 Å². The van der Waals surface area contributed by atoms with Crippen LogP contribution in [-0.2, 0) is 4.79 Å². The summed E-state index contributed by atoms with van der Waals surface area (Å²) in [5, 5.41) is 3.07. The molecule has 1 N–H and O–H groups in total. The second kappa shape index (κ2) is 7.70. The molecule has 2 aromatic carbocycles. The minimum Gasteiger partial charge on any atom is -0.497 e. The zero-order chi connectivity index (χ0) is 17.8. The molecule has 4 heteroatoms. The van der Waals surface area contributed by atoms with Crippen LogP contribution in [-0.4, -0.2) is 31.0 Å². The molecular formula is C21H26N2O2. The minimum atomic E-state index is 0.0501. The maximum absolute atomic E-state index is 12.5. The van der Waals surface area contributed by atoms with Crippen LogP contribution in [0.5, 0.6) is 5.75 Å². The summed E-state index contributed by atoms with van der Waals surface area (Å²) in [4.78, 5) is 14.8. The fourth-order valence-corrected chi connectivity index (χ4v) is 3.46. The molecule has 1 heterocycles. The van der Waals surface area contributed by atoms with E-state index in [1.807, 2.05) is 38.1 Å². The Morgan fingerprint density at radius 1 is 1.20 bits per heavy atom. The summed E-state index contributed by atoms with van der Waals surface area (Å²) in [7, 11) is 1.68. The monoisotopic (exact) mass is 338 g/mol. The molecule has 0 bridgehead atoms. The number of hydrogen-bond donors (Lipinski definition) is 1. The lowest BCUT2D eigenvalue weighted by atomic mass is 10.0. The smallest absolute Gasteiger partial charge is 0.238 e. The lowest BCUT2D eigenvalue weighted by Gasteiger charge is -2.24. The molecular weight excluding hydrogens is 312 g/mol. The van der Waals surface area contributed by atoms with Gasteiger partial charge in [-0.1, -0.05) is 24.3 Å². The molecule has 0 spiro atoms. The third-order valence-electron chi connectivity index (χ3n) is 4.88. The summed E-state index contributed by atoms with van der Waals surface area (Å²) in [5.74, 6) is 0.912. The number of carbonyl (C=O) groups is 1. The molecule has 0 unspecified atom stereocenters. The molecule has 2 aromatic rings. The topological polar surface area (TPSA) is 41.6 Å². The Kier molecular flexibility index (Phi) is 5.39. The Labute approximate surface area is 149 Å². The quantitative estimate of drug-likeness (QED) is 0.893. The predicted octanol–water partition coefficient (Wildman–Crippen LogP) is 4.09. The van der Waals surface area contributed by atoms with Crippen LogP contribution >= 0.6 is 0 Å². The fraction of sp³-hybridized carbons (Fsp3) is 0.381. The highest BCUT2D eigenvalue weighted by Crippen LogP contribution is 2.32. The number of aryl methyl sites for hydroxylation is 2. The van der Waals surface area contributed by atoms with Crippen molar-refractivity contribution in [2.45, 2.75) is 32.7 Å². The van der Waals surface area contributed by atoms with Crippen LogP contribution in [0.2, 0.25) is 0 Å². The van der Waals surface area contributed by atoms with Crippen LogP contribution in [0.4, 0.5) is 5.69 Å². The number of rotatable bonds is 5. The molecule has 0 aromatic heterocycles. The van der Waals surface area contributed by atoms with Crippen LogP contribution in [0.15, 0.2) is 42.5 Å². The number of nitrogens with one attached hydrogen (secondary N) is 1. The molecule has 0 radical (unpaired) electrons. The summed E-state index contributed by atoms with van der Waals surface area (Å²) in [6.07, 6.45) is 2.20. The zero-order valence-electron chi connectivity index (χ0n) is 15.2. The van der Waals surface area contributed by atoms with E-state index in [1.54, 1.807) is 7.11 Å². The first-order chi connectivity index (χ1) is 12.1. The van der Waals surface area contributed by atoms with Gasteiger partial charge in [0.15, 0.2) is 0 Å². The van der Waals surface area contributed by atoms with Crippen molar-refractivity contribution in [3.8, 4) is 5.75 Å². The first kappa shape index (κ1) is 17.5. The van der Waals surface area contributed by atoms with Gasteiger partial charge in [-0.2, -0.15) is 0 Å². The van der Waals surface area contributed by atoms with Gasteiger partial charge in [0, 0.05) is 11.7 Å². The normalized spacial score (nSPS) is 17.5. The van der Waals surface area contributed by atoms with Crippen molar-refractivity contribution in [1.82, 2.24) is 4.90 Å². The van der Waals surface area contributed by atoms with Gasteiger partial charge in [0.1, 0.15) is 5.75 Å². The first-order valence-corrected chi connectivity index (χ1v) is 8.82. The Morgan fingerprint density at radius 2 is 1.96 bits per heavy atom. The molecule has 25 heavy (non-hydrogen) atoms. The molecule has 0 aliphatic carbocycles. The number of likely N-dealkylation sites (tertiary alicyclic amines) is 1. The Bertz CT molecular complexity index is 740. The minimum absolute atomic E-state index is 0.0501. The predicted molar refractivity (Wildman–Crippen MR) is 101 cm³/mol. The molecule has 1 aliphatic rings. The van der Waals surface area contributed by atoms with Crippen LogP contribution in [0.25, 0.3) is 0 Å². The summed E-state index contributed by atoms with van der Waals surface area (Å²) in [6.45, 7) is 5.43. The first-order valence-electron chi connectivity index (χ1n) is 8.82. The average Bonchev–Trinajstić information content (AvgIpc) is 3.06. The molecule has 1 aliphatic heterocycles. The largest absolute Gasteiger partial charge is 0.497 e. The van der Waals surface area contributed by atoms with E-state index in [4.69, 9.17) is 4.74 Å². The maximum atomic E-state index is 12.5. The van der Waals surface area contributed by atoms with Crippen LogP contribution in [0, 0.1) is 13.8 Å². The second-order valence-electron chi connectivity index (χ2n) is 6.77. The van der Waals surface area contributed by atoms with Crippen LogP contribution in [0.3, 0.4) is 0 Å². The van der Waals surface area contributed by atoms with E-state index in [0.29, 0.717) is 12.6 Å². The Morgan fingerprint density at radius 3 is 2.68 bits per heavy atom. The highest BCUT2D eigenvalue weighted by Gasteiger charge is 2.27. The van der Waals surface area contributed by atoms with Gasteiger partial charge in [-0.15, -0.1) is 0 Å². The molecule has 4 nitrogen and oxygen atoms in total. The number of methoxy groups -OCH3 is 1. The van der Waals surface area contributed by atoms with E-state index in [2.05, 4.69) is 28.4 Å². The van der Waals surface area contributed by atoms with E-state index < -0.39 is 0 Å². The molecule has 0 saturated carbocycles. The summed E-state index contributed by atoms with van der Waals surface area (Å²) >= 11 is 0. The standard InChI is InChI=1S/C21H26N2O2/c1-15-6-7-16(2)19(13-15)22-21(24)14-23-12-4-5-20(23)17-8-10-18(25-3)11-9-17/h6-11,13,20H,4-5,12,14H2,1-3H3,(H,22,24)/t20-/m1/s1. The van der Waals surface area contributed by atoms with E-state index in [9.17, 15) is 4.79 Å². The van der Waals surface area contributed by atoms with Crippen molar-refractivity contribution in [3.63, 3.8) is 0 Å². The number of amides is 1. The molecule has 1 atom stereocenters. The number of ether oxygens (including phenoxy) is 1. The third kappa shape index (κ3) is 4.20. The molecule has 132 valence electrons. The van der Waals surface area contributed by atoms with Crippen molar-refractivity contribution in [2.24, 2.45) is 0 Å². The molecule has 1 fully saturated rings. The van der Waals surface area contributed by atoms with Gasteiger partial charge in [-0.3, -0.25) is 9.69 Å². The van der Waals surface area contributed by atoms with Crippen LogP contribution in [0.1, 0.15) is 35.6 Å². The highest BCUT2D eigenvalue weighted by atomic mass is 16.5.